The first kappa shape index (κ1) is 15.9. The Labute approximate surface area is 167 Å². The third-order valence-corrected chi connectivity index (χ3v) is 6.37. The van der Waals surface area contributed by atoms with Crippen LogP contribution in [0.15, 0.2) is 78.9 Å². The largest absolute Gasteiger partial charge is 0.341 e. The molecular formula is C24H18IN. The van der Waals surface area contributed by atoms with Gasteiger partial charge < -0.3 is 4.90 Å². The van der Waals surface area contributed by atoms with Gasteiger partial charge in [0.1, 0.15) is 0 Å². The van der Waals surface area contributed by atoms with E-state index < -0.39 is 0 Å². The molecule has 0 fully saturated rings. The third kappa shape index (κ3) is 2.15. The van der Waals surface area contributed by atoms with E-state index in [-0.39, 0.29) is 0 Å². The number of nitrogens with zero attached hydrogens (tertiary/aromatic N) is 1. The lowest BCUT2D eigenvalue weighted by molar-refractivity contribution is 1.04. The lowest BCUT2D eigenvalue weighted by atomic mass is 10.0. The molecule has 0 aliphatic heterocycles. The average Bonchev–Trinajstić information content (AvgIpc) is 3.18. The predicted molar refractivity (Wildman–Crippen MR) is 120 cm³/mol. The number of benzene rings is 3. The molecule has 0 saturated heterocycles. The van der Waals surface area contributed by atoms with E-state index in [4.69, 9.17) is 0 Å². The molecule has 0 unspecified atom stereocenters. The smallest absolute Gasteiger partial charge is 0.0577 e. The van der Waals surface area contributed by atoms with Crippen LogP contribution in [0.3, 0.4) is 0 Å². The van der Waals surface area contributed by atoms with Crippen molar-refractivity contribution in [3.63, 3.8) is 0 Å². The van der Waals surface area contributed by atoms with Crippen molar-refractivity contribution in [3.8, 4) is 0 Å². The molecule has 0 atom stereocenters. The Morgan fingerprint density at radius 1 is 0.654 bits per heavy atom. The van der Waals surface area contributed by atoms with Crippen LogP contribution in [0, 0.1) is 0 Å². The van der Waals surface area contributed by atoms with Gasteiger partial charge in [0.25, 0.3) is 0 Å². The van der Waals surface area contributed by atoms with Gasteiger partial charge in [0.2, 0.25) is 0 Å². The maximum atomic E-state index is 2.52. The summed E-state index contributed by atoms with van der Waals surface area (Å²) in [5, 5.41) is 0. The molecule has 0 spiro atoms. The number of hydrogen-bond donors (Lipinski definition) is 0. The Bertz CT molecular complexity index is 1080. The summed E-state index contributed by atoms with van der Waals surface area (Å²) in [5.41, 5.74) is 10.8. The van der Waals surface area contributed by atoms with Crippen LogP contribution in [0.1, 0.15) is 29.2 Å². The van der Waals surface area contributed by atoms with Gasteiger partial charge in [0.15, 0.2) is 0 Å². The highest BCUT2D eigenvalue weighted by molar-refractivity contribution is 14.1. The molecule has 0 heterocycles. The molecule has 3 aromatic carbocycles. The summed E-state index contributed by atoms with van der Waals surface area (Å²) >= 11 is 2.52. The topological polar surface area (TPSA) is 3.24 Å². The van der Waals surface area contributed by atoms with Crippen LogP contribution in [-0.4, -0.2) is 6.54 Å². The molecule has 2 aliphatic carbocycles. The van der Waals surface area contributed by atoms with Crippen molar-refractivity contribution in [2.24, 2.45) is 0 Å². The Hall–Kier alpha value is -2.33. The molecule has 1 nitrogen and oxygen atoms in total. The van der Waals surface area contributed by atoms with Gasteiger partial charge in [-0.05, 0) is 58.3 Å². The fourth-order valence-electron chi connectivity index (χ4n) is 4.17. The molecule has 0 aromatic heterocycles. The summed E-state index contributed by atoms with van der Waals surface area (Å²) < 4.78 is 1.36. The predicted octanol–water partition coefficient (Wildman–Crippen LogP) is 6.71. The third-order valence-electron chi connectivity index (χ3n) is 5.24. The van der Waals surface area contributed by atoms with Gasteiger partial charge in [-0.1, -0.05) is 66.7 Å². The van der Waals surface area contributed by atoms with Gasteiger partial charge in [-0.2, -0.15) is 0 Å². The molecule has 2 heteroatoms. The molecule has 0 radical (unpaired) electrons. The minimum atomic E-state index is 0.934. The Balaban J connectivity index is 1.85. The van der Waals surface area contributed by atoms with Gasteiger partial charge in [0.05, 0.1) is 5.70 Å². The summed E-state index contributed by atoms with van der Waals surface area (Å²) in [5.74, 6) is 0. The van der Waals surface area contributed by atoms with Gasteiger partial charge in [-0.25, -0.2) is 0 Å². The first-order valence-corrected chi connectivity index (χ1v) is 10.1. The molecule has 2 aliphatic rings. The number of allylic oxidation sites excluding steroid dienone is 2. The maximum Gasteiger partial charge on any atom is 0.0577 e. The quantitative estimate of drug-likeness (QED) is 0.404. The van der Waals surface area contributed by atoms with E-state index in [0.717, 1.165) is 6.54 Å². The zero-order chi connectivity index (χ0) is 17.7. The van der Waals surface area contributed by atoms with Crippen LogP contribution in [-0.2, 0) is 0 Å². The highest BCUT2D eigenvalue weighted by Crippen LogP contribution is 2.58. The van der Waals surface area contributed by atoms with Crippen molar-refractivity contribution in [1.29, 1.82) is 0 Å². The van der Waals surface area contributed by atoms with E-state index in [2.05, 4.69) is 113 Å². The zero-order valence-corrected chi connectivity index (χ0v) is 16.7. The molecule has 0 amide bonds. The first-order chi connectivity index (χ1) is 12.8. The summed E-state index contributed by atoms with van der Waals surface area (Å²) in [7, 11) is 0. The van der Waals surface area contributed by atoms with Crippen LogP contribution in [0.4, 0.5) is 5.69 Å². The Kier molecular flexibility index (Phi) is 3.75. The SMILES string of the molecule is CCN(C1=C2C(=C(I)c3ccccc32)c2ccccc21)c1ccccc1. The van der Waals surface area contributed by atoms with Crippen molar-refractivity contribution in [1.82, 2.24) is 0 Å². The van der Waals surface area contributed by atoms with Crippen LogP contribution >= 0.6 is 22.6 Å². The van der Waals surface area contributed by atoms with Crippen molar-refractivity contribution in [3.05, 3.63) is 101 Å². The highest BCUT2D eigenvalue weighted by atomic mass is 127. The van der Waals surface area contributed by atoms with Crippen molar-refractivity contribution in [2.45, 2.75) is 6.92 Å². The monoisotopic (exact) mass is 447 g/mol. The molecule has 0 saturated carbocycles. The lowest BCUT2D eigenvalue weighted by Crippen LogP contribution is -2.21. The molecule has 26 heavy (non-hydrogen) atoms. The van der Waals surface area contributed by atoms with Crippen molar-refractivity contribution >= 4 is 48.7 Å². The van der Waals surface area contributed by atoms with Gasteiger partial charge in [-0.3, -0.25) is 0 Å². The van der Waals surface area contributed by atoms with Crippen molar-refractivity contribution in [2.75, 3.05) is 11.4 Å². The highest BCUT2D eigenvalue weighted by Gasteiger charge is 2.37. The van der Waals surface area contributed by atoms with E-state index in [1.165, 1.54) is 48.4 Å². The maximum absolute atomic E-state index is 2.52. The zero-order valence-electron chi connectivity index (χ0n) is 14.5. The van der Waals surface area contributed by atoms with Gasteiger partial charge >= 0.3 is 0 Å². The first-order valence-electron chi connectivity index (χ1n) is 8.97. The Morgan fingerprint density at radius 3 is 1.85 bits per heavy atom. The standard InChI is InChI=1S/C24H18IN/c1-2-26(16-10-4-3-5-11-16)24-20-15-9-7-13-18(20)21-22(24)17-12-6-8-14-19(17)23(21)25/h3-15H,2H2,1H3. The van der Waals surface area contributed by atoms with Crippen LogP contribution < -0.4 is 4.90 Å². The number of halogens is 1. The summed E-state index contributed by atoms with van der Waals surface area (Å²) in [6.07, 6.45) is 0. The fraction of sp³-hybridized carbons (Fsp3) is 0.0833. The van der Waals surface area contributed by atoms with Crippen LogP contribution in [0.25, 0.3) is 20.4 Å². The van der Waals surface area contributed by atoms with Crippen LogP contribution in [0.5, 0.6) is 0 Å². The molecule has 0 N–H and O–H groups in total. The molecule has 5 rings (SSSR count). The minimum Gasteiger partial charge on any atom is -0.341 e. The lowest BCUT2D eigenvalue weighted by Gasteiger charge is -2.26. The van der Waals surface area contributed by atoms with Crippen molar-refractivity contribution < 1.29 is 0 Å². The van der Waals surface area contributed by atoms with Crippen LogP contribution in [0.2, 0.25) is 0 Å². The average molecular weight is 447 g/mol. The summed E-state index contributed by atoms with van der Waals surface area (Å²) in [6, 6.07) is 28.4. The fourth-order valence-corrected chi connectivity index (χ4v) is 5.20. The van der Waals surface area contributed by atoms with E-state index in [1.807, 2.05) is 0 Å². The Morgan fingerprint density at radius 2 is 1.19 bits per heavy atom. The van der Waals surface area contributed by atoms with E-state index in [0.29, 0.717) is 0 Å². The molecule has 0 bridgehead atoms. The number of para-hydroxylation sites is 1. The molecular weight excluding hydrogens is 429 g/mol. The van der Waals surface area contributed by atoms with Gasteiger partial charge in [0, 0.05) is 32.5 Å². The number of fused-ring (bicyclic) bond motifs is 5. The second-order valence-electron chi connectivity index (χ2n) is 6.58. The molecule has 3 aromatic rings. The minimum absolute atomic E-state index is 0.934. The second-order valence-corrected chi connectivity index (χ2v) is 7.66. The second kappa shape index (κ2) is 6.13. The van der Waals surface area contributed by atoms with E-state index in [1.54, 1.807) is 0 Å². The number of hydrogen-bond acceptors (Lipinski definition) is 1. The van der Waals surface area contributed by atoms with E-state index in [9.17, 15) is 0 Å². The molecule has 126 valence electrons. The van der Waals surface area contributed by atoms with E-state index >= 15 is 0 Å². The summed E-state index contributed by atoms with van der Waals surface area (Å²) in [4.78, 5) is 2.45. The normalized spacial score (nSPS) is 14.4. The summed E-state index contributed by atoms with van der Waals surface area (Å²) in [6.45, 7) is 3.17. The number of anilines is 1. The number of rotatable bonds is 3. The van der Waals surface area contributed by atoms with Gasteiger partial charge in [-0.15, -0.1) is 0 Å².